The summed E-state index contributed by atoms with van der Waals surface area (Å²) >= 11 is 0. The highest BCUT2D eigenvalue weighted by molar-refractivity contribution is 5.71. The Morgan fingerprint density at radius 1 is 1.56 bits per heavy atom. The van der Waals surface area contributed by atoms with E-state index in [0.29, 0.717) is 18.7 Å². The summed E-state index contributed by atoms with van der Waals surface area (Å²) in [6.07, 6.45) is 3.72. The van der Waals surface area contributed by atoms with Gasteiger partial charge in [-0.1, -0.05) is 0 Å². The van der Waals surface area contributed by atoms with Crippen LogP contribution in [-0.2, 0) is 14.3 Å². The highest BCUT2D eigenvalue weighted by Gasteiger charge is 2.19. The molecular weight excluding hydrogens is 206 g/mol. The third-order valence-electron chi connectivity index (χ3n) is 3.05. The van der Waals surface area contributed by atoms with Gasteiger partial charge < -0.3 is 9.47 Å². The van der Waals surface area contributed by atoms with Crippen molar-refractivity contribution in [3.8, 4) is 0 Å². The van der Waals surface area contributed by atoms with Crippen molar-refractivity contribution in [2.24, 2.45) is 0 Å². The van der Waals surface area contributed by atoms with Crippen LogP contribution in [0.1, 0.15) is 33.1 Å². The SMILES string of the molecule is COC(=O)CN(CCC1CCCO1)C(C)C. The number of nitrogens with zero attached hydrogens (tertiary/aromatic N) is 1. The maximum atomic E-state index is 11.2. The van der Waals surface area contributed by atoms with Gasteiger partial charge >= 0.3 is 5.97 Å². The summed E-state index contributed by atoms with van der Waals surface area (Å²) in [5.74, 6) is -0.166. The lowest BCUT2D eigenvalue weighted by molar-refractivity contribution is -0.142. The predicted molar refractivity (Wildman–Crippen MR) is 62.3 cm³/mol. The monoisotopic (exact) mass is 229 g/mol. The average molecular weight is 229 g/mol. The van der Waals surface area contributed by atoms with Gasteiger partial charge in [0.25, 0.3) is 0 Å². The Hall–Kier alpha value is -0.610. The van der Waals surface area contributed by atoms with Gasteiger partial charge in [0.2, 0.25) is 0 Å². The molecule has 1 aliphatic rings. The maximum Gasteiger partial charge on any atom is 0.319 e. The second kappa shape index (κ2) is 6.86. The largest absolute Gasteiger partial charge is 0.468 e. The van der Waals surface area contributed by atoms with Crippen molar-refractivity contribution < 1.29 is 14.3 Å². The molecule has 16 heavy (non-hydrogen) atoms. The van der Waals surface area contributed by atoms with Crippen molar-refractivity contribution in [3.05, 3.63) is 0 Å². The zero-order valence-corrected chi connectivity index (χ0v) is 10.6. The number of methoxy groups -OCH3 is 1. The first-order chi connectivity index (χ1) is 7.63. The van der Waals surface area contributed by atoms with Gasteiger partial charge in [0.1, 0.15) is 0 Å². The van der Waals surface area contributed by atoms with Crippen LogP contribution >= 0.6 is 0 Å². The molecular formula is C12H23NO3. The second-order valence-corrected chi connectivity index (χ2v) is 4.56. The van der Waals surface area contributed by atoms with E-state index < -0.39 is 0 Å². The first-order valence-corrected chi connectivity index (χ1v) is 6.06. The fourth-order valence-corrected chi connectivity index (χ4v) is 1.93. The number of carbonyl (C=O) groups excluding carboxylic acids is 1. The normalized spacial score (nSPS) is 20.7. The van der Waals surface area contributed by atoms with Gasteiger partial charge in [0, 0.05) is 19.2 Å². The van der Waals surface area contributed by atoms with E-state index in [2.05, 4.69) is 18.7 Å². The van der Waals surface area contributed by atoms with Crippen LogP contribution in [0.15, 0.2) is 0 Å². The van der Waals surface area contributed by atoms with Gasteiger partial charge in [-0.05, 0) is 33.1 Å². The molecule has 4 heteroatoms. The van der Waals surface area contributed by atoms with Crippen molar-refractivity contribution in [1.82, 2.24) is 4.90 Å². The molecule has 1 heterocycles. The molecule has 0 spiro atoms. The molecule has 0 N–H and O–H groups in total. The summed E-state index contributed by atoms with van der Waals surface area (Å²) in [5, 5.41) is 0. The Morgan fingerprint density at radius 3 is 2.81 bits per heavy atom. The van der Waals surface area contributed by atoms with Crippen LogP contribution in [0.5, 0.6) is 0 Å². The molecule has 0 aromatic rings. The zero-order valence-electron chi connectivity index (χ0n) is 10.6. The van der Waals surface area contributed by atoms with Crippen LogP contribution in [0.2, 0.25) is 0 Å². The first kappa shape index (κ1) is 13.5. The summed E-state index contributed by atoms with van der Waals surface area (Å²) < 4.78 is 10.3. The molecule has 0 aromatic heterocycles. The Morgan fingerprint density at radius 2 is 2.31 bits per heavy atom. The quantitative estimate of drug-likeness (QED) is 0.646. The van der Waals surface area contributed by atoms with Crippen molar-refractivity contribution in [3.63, 3.8) is 0 Å². The Labute approximate surface area is 97.9 Å². The number of carbonyl (C=O) groups is 1. The molecule has 1 fully saturated rings. The number of hydrogen-bond acceptors (Lipinski definition) is 4. The van der Waals surface area contributed by atoms with E-state index in [1.165, 1.54) is 13.5 Å². The Bertz CT molecular complexity index is 212. The lowest BCUT2D eigenvalue weighted by atomic mass is 10.1. The van der Waals surface area contributed by atoms with Gasteiger partial charge in [-0.3, -0.25) is 9.69 Å². The second-order valence-electron chi connectivity index (χ2n) is 4.56. The molecule has 0 saturated carbocycles. The molecule has 1 saturated heterocycles. The summed E-state index contributed by atoms with van der Waals surface area (Å²) in [6, 6.07) is 0.362. The Balaban J connectivity index is 2.29. The standard InChI is InChI=1S/C12H23NO3/c1-10(2)13(9-12(14)15-3)7-6-11-5-4-8-16-11/h10-11H,4-9H2,1-3H3. The molecule has 0 aromatic carbocycles. The molecule has 0 amide bonds. The van der Waals surface area contributed by atoms with Gasteiger partial charge in [0.05, 0.1) is 19.8 Å². The molecule has 4 nitrogen and oxygen atoms in total. The number of rotatable bonds is 6. The van der Waals surface area contributed by atoms with E-state index >= 15 is 0 Å². The van der Waals surface area contributed by atoms with Crippen molar-refractivity contribution in [2.45, 2.75) is 45.3 Å². The minimum Gasteiger partial charge on any atom is -0.468 e. The fraction of sp³-hybridized carbons (Fsp3) is 0.917. The molecule has 1 unspecified atom stereocenters. The van der Waals surface area contributed by atoms with Crippen LogP contribution < -0.4 is 0 Å². The number of hydrogen-bond donors (Lipinski definition) is 0. The minimum atomic E-state index is -0.166. The third kappa shape index (κ3) is 4.49. The van der Waals surface area contributed by atoms with E-state index in [0.717, 1.165) is 26.0 Å². The van der Waals surface area contributed by atoms with E-state index in [4.69, 9.17) is 9.47 Å². The maximum absolute atomic E-state index is 11.2. The third-order valence-corrected chi connectivity index (χ3v) is 3.05. The van der Waals surface area contributed by atoms with E-state index in [1.54, 1.807) is 0 Å². The minimum absolute atomic E-state index is 0.166. The molecule has 0 radical (unpaired) electrons. The average Bonchev–Trinajstić information content (AvgIpc) is 2.76. The number of ether oxygens (including phenoxy) is 2. The summed E-state index contributed by atoms with van der Waals surface area (Å²) in [6.45, 7) is 6.36. The van der Waals surface area contributed by atoms with Crippen LogP contribution in [-0.4, -0.2) is 49.8 Å². The smallest absolute Gasteiger partial charge is 0.319 e. The summed E-state index contributed by atoms with van der Waals surface area (Å²) in [7, 11) is 1.43. The lowest BCUT2D eigenvalue weighted by Gasteiger charge is -2.26. The zero-order chi connectivity index (χ0) is 12.0. The topological polar surface area (TPSA) is 38.8 Å². The van der Waals surface area contributed by atoms with E-state index in [1.807, 2.05) is 0 Å². The fourth-order valence-electron chi connectivity index (χ4n) is 1.93. The van der Waals surface area contributed by atoms with Gasteiger partial charge in [-0.2, -0.15) is 0 Å². The number of esters is 1. The first-order valence-electron chi connectivity index (χ1n) is 6.06. The lowest BCUT2D eigenvalue weighted by Crippen LogP contribution is -2.38. The molecule has 1 aliphatic heterocycles. The van der Waals surface area contributed by atoms with Gasteiger partial charge in [0.15, 0.2) is 0 Å². The van der Waals surface area contributed by atoms with Crippen LogP contribution in [0, 0.1) is 0 Å². The van der Waals surface area contributed by atoms with E-state index in [-0.39, 0.29) is 5.97 Å². The predicted octanol–water partition coefficient (Wildman–Crippen LogP) is 1.44. The van der Waals surface area contributed by atoms with Crippen molar-refractivity contribution in [2.75, 3.05) is 26.8 Å². The van der Waals surface area contributed by atoms with E-state index in [9.17, 15) is 4.79 Å². The van der Waals surface area contributed by atoms with Gasteiger partial charge in [-0.15, -0.1) is 0 Å². The van der Waals surface area contributed by atoms with Crippen molar-refractivity contribution >= 4 is 5.97 Å². The Kier molecular flexibility index (Phi) is 5.77. The van der Waals surface area contributed by atoms with Crippen molar-refractivity contribution in [1.29, 1.82) is 0 Å². The molecule has 1 rings (SSSR count). The molecule has 0 bridgehead atoms. The molecule has 1 atom stereocenters. The van der Waals surface area contributed by atoms with Crippen LogP contribution in [0.3, 0.4) is 0 Å². The van der Waals surface area contributed by atoms with Gasteiger partial charge in [-0.25, -0.2) is 0 Å². The van der Waals surface area contributed by atoms with Crippen LogP contribution in [0.25, 0.3) is 0 Å². The summed E-state index contributed by atoms with van der Waals surface area (Å²) in [5.41, 5.74) is 0. The molecule has 0 aliphatic carbocycles. The van der Waals surface area contributed by atoms with Crippen LogP contribution in [0.4, 0.5) is 0 Å². The highest BCUT2D eigenvalue weighted by atomic mass is 16.5. The highest BCUT2D eigenvalue weighted by Crippen LogP contribution is 2.16. The molecule has 94 valence electrons. The summed E-state index contributed by atoms with van der Waals surface area (Å²) in [4.78, 5) is 13.4.